The van der Waals surface area contributed by atoms with Gasteiger partial charge in [0, 0.05) is 24.2 Å². The van der Waals surface area contributed by atoms with E-state index in [-0.39, 0.29) is 11.8 Å². The molecule has 4 heteroatoms. The number of rotatable bonds is 3. The van der Waals surface area contributed by atoms with Gasteiger partial charge in [-0.15, -0.1) is 0 Å². The quantitative estimate of drug-likeness (QED) is 0.754. The van der Waals surface area contributed by atoms with Crippen LogP contribution in [0.2, 0.25) is 0 Å². The molecule has 22 heavy (non-hydrogen) atoms. The van der Waals surface area contributed by atoms with Crippen LogP contribution in [0.4, 0.5) is 0 Å². The van der Waals surface area contributed by atoms with E-state index >= 15 is 0 Å². The Balaban J connectivity index is 1.55. The Morgan fingerprint density at radius 3 is 2.18 bits per heavy atom. The second-order valence-corrected chi connectivity index (χ2v) is 5.44. The maximum Gasteiger partial charge on any atom is 0.261 e. The second kappa shape index (κ2) is 4.84. The van der Waals surface area contributed by atoms with Crippen LogP contribution in [0.5, 0.6) is 0 Å². The highest BCUT2D eigenvalue weighted by molar-refractivity contribution is 6.21. The number of nitrogens with zero attached hydrogens (tertiary/aromatic N) is 1. The third-order valence-electron chi connectivity index (χ3n) is 4.07. The monoisotopic (exact) mass is 290 g/mol. The van der Waals surface area contributed by atoms with Gasteiger partial charge in [-0.1, -0.05) is 30.3 Å². The number of para-hydroxylation sites is 1. The number of aromatic nitrogens is 1. The summed E-state index contributed by atoms with van der Waals surface area (Å²) in [6, 6.07) is 17.1. The number of fused-ring (bicyclic) bond motifs is 2. The van der Waals surface area contributed by atoms with Crippen LogP contribution in [-0.2, 0) is 6.42 Å². The van der Waals surface area contributed by atoms with Crippen molar-refractivity contribution in [2.75, 3.05) is 6.54 Å². The summed E-state index contributed by atoms with van der Waals surface area (Å²) in [5, 5.41) is 1.14. The summed E-state index contributed by atoms with van der Waals surface area (Å²) >= 11 is 0. The highest BCUT2D eigenvalue weighted by atomic mass is 16.2. The first-order chi connectivity index (χ1) is 10.7. The van der Waals surface area contributed by atoms with Gasteiger partial charge in [0.05, 0.1) is 11.1 Å². The minimum atomic E-state index is -0.197. The summed E-state index contributed by atoms with van der Waals surface area (Å²) in [6.45, 7) is 0.388. The molecule has 2 heterocycles. The van der Waals surface area contributed by atoms with Crippen molar-refractivity contribution in [1.82, 2.24) is 9.88 Å². The Labute approximate surface area is 127 Å². The number of benzene rings is 2. The lowest BCUT2D eigenvalue weighted by Crippen LogP contribution is -2.31. The van der Waals surface area contributed by atoms with E-state index in [1.807, 2.05) is 24.3 Å². The van der Waals surface area contributed by atoms with Crippen molar-refractivity contribution in [1.29, 1.82) is 0 Å². The van der Waals surface area contributed by atoms with Gasteiger partial charge in [0.25, 0.3) is 11.8 Å². The number of carbonyl (C=O) groups is 2. The Morgan fingerprint density at radius 1 is 0.864 bits per heavy atom. The van der Waals surface area contributed by atoms with Crippen LogP contribution in [0.25, 0.3) is 10.9 Å². The Bertz CT molecular complexity index is 827. The van der Waals surface area contributed by atoms with Gasteiger partial charge < -0.3 is 4.98 Å². The van der Waals surface area contributed by atoms with Crippen LogP contribution in [0.15, 0.2) is 54.6 Å². The molecule has 0 atom stereocenters. The summed E-state index contributed by atoms with van der Waals surface area (Å²) in [5.41, 5.74) is 3.10. The van der Waals surface area contributed by atoms with E-state index in [0.29, 0.717) is 24.1 Å². The van der Waals surface area contributed by atoms with Gasteiger partial charge in [-0.05, 0) is 29.7 Å². The Morgan fingerprint density at radius 2 is 1.50 bits per heavy atom. The molecular formula is C18H14N2O2. The van der Waals surface area contributed by atoms with Crippen molar-refractivity contribution in [2.24, 2.45) is 0 Å². The highest BCUT2D eigenvalue weighted by Crippen LogP contribution is 2.23. The number of hydrogen-bond acceptors (Lipinski definition) is 2. The average molecular weight is 290 g/mol. The predicted molar refractivity (Wildman–Crippen MR) is 83.8 cm³/mol. The molecule has 3 aromatic rings. The van der Waals surface area contributed by atoms with Crippen molar-refractivity contribution in [3.63, 3.8) is 0 Å². The lowest BCUT2D eigenvalue weighted by atomic mass is 10.1. The van der Waals surface area contributed by atoms with Crippen LogP contribution >= 0.6 is 0 Å². The number of H-pyrrole nitrogens is 1. The fourth-order valence-corrected chi connectivity index (χ4v) is 2.94. The summed E-state index contributed by atoms with van der Waals surface area (Å²) < 4.78 is 0. The largest absolute Gasteiger partial charge is 0.358 e. The predicted octanol–water partition coefficient (Wildman–Crippen LogP) is 3.01. The fourth-order valence-electron chi connectivity index (χ4n) is 2.94. The molecule has 2 aromatic carbocycles. The number of carbonyl (C=O) groups excluding carboxylic acids is 2. The van der Waals surface area contributed by atoms with Gasteiger partial charge in [-0.2, -0.15) is 0 Å². The Hall–Kier alpha value is -2.88. The van der Waals surface area contributed by atoms with Crippen molar-refractivity contribution >= 4 is 22.7 Å². The smallest absolute Gasteiger partial charge is 0.261 e. The normalized spacial score (nSPS) is 13.9. The maximum absolute atomic E-state index is 12.3. The van der Waals surface area contributed by atoms with E-state index < -0.39 is 0 Å². The molecule has 0 unspecified atom stereocenters. The lowest BCUT2D eigenvalue weighted by Gasteiger charge is -2.12. The zero-order valence-electron chi connectivity index (χ0n) is 11.9. The van der Waals surface area contributed by atoms with E-state index in [1.165, 1.54) is 4.90 Å². The van der Waals surface area contributed by atoms with Gasteiger partial charge in [0.1, 0.15) is 0 Å². The molecule has 0 saturated carbocycles. The van der Waals surface area contributed by atoms with E-state index in [0.717, 1.165) is 16.6 Å². The van der Waals surface area contributed by atoms with Crippen molar-refractivity contribution in [2.45, 2.75) is 6.42 Å². The summed E-state index contributed by atoms with van der Waals surface area (Å²) in [5.74, 6) is -0.395. The first-order valence-corrected chi connectivity index (χ1v) is 7.26. The van der Waals surface area contributed by atoms with Crippen LogP contribution in [0, 0.1) is 0 Å². The summed E-state index contributed by atoms with van der Waals surface area (Å²) in [7, 11) is 0. The molecule has 1 aliphatic heterocycles. The van der Waals surface area contributed by atoms with Crippen LogP contribution in [-0.4, -0.2) is 28.2 Å². The maximum atomic E-state index is 12.3. The van der Waals surface area contributed by atoms with E-state index in [4.69, 9.17) is 0 Å². The molecule has 0 aliphatic carbocycles. The van der Waals surface area contributed by atoms with Gasteiger partial charge >= 0.3 is 0 Å². The molecule has 2 amide bonds. The topological polar surface area (TPSA) is 53.2 Å². The molecule has 0 saturated heterocycles. The summed E-state index contributed by atoms with van der Waals surface area (Å²) in [6.07, 6.45) is 0.625. The number of nitrogens with one attached hydrogen (secondary N) is 1. The molecule has 1 N–H and O–H groups in total. The van der Waals surface area contributed by atoms with E-state index in [9.17, 15) is 9.59 Å². The minimum absolute atomic E-state index is 0.197. The van der Waals surface area contributed by atoms with Gasteiger partial charge in [0.2, 0.25) is 0 Å². The third kappa shape index (κ3) is 1.92. The second-order valence-electron chi connectivity index (χ2n) is 5.44. The molecule has 4 rings (SSSR count). The van der Waals surface area contributed by atoms with Crippen molar-refractivity contribution < 1.29 is 9.59 Å². The zero-order chi connectivity index (χ0) is 15.1. The molecule has 108 valence electrons. The van der Waals surface area contributed by atoms with Crippen LogP contribution in [0.3, 0.4) is 0 Å². The molecule has 4 nitrogen and oxygen atoms in total. The molecule has 1 aliphatic rings. The number of amides is 2. The number of hydrogen-bond donors (Lipinski definition) is 1. The SMILES string of the molecule is O=C1c2ccccc2C(=O)N1CCc1cc2ccccc2[nH]1. The molecule has 0 spiro atoms. The van der Waals surface area contributed by atoms with Crippen molar-refractivity contribution in [3.05, 3.63) is 71.4 Å². The van der Waals surface area contributed by atoms with Gasteiger partial charge in [-0.3, -0.25) is 14.5 Å². The molecule has 0 bridgehead atoms. The third-order valence-corrected chi connectivity index (χ3v) is 4.07. The van der Waals surface area contributed by atoms with Gasteiger partial charge in [0.15, 0.2) is 0 Å². The van der Waals surface area contributed by atoms with E-state index in [1.54, 1.807) is 24.3 Å². The molecular weight excluding hydrogens is 276 g/mol. The first kappa shape index (κ1) is 12.8. The lowest BCUT2D eigenvalue weighted by molar-refractivity contribution is 0.0656. The summed E-state index contributed by atoms with van der Waals surface area (Å²) in [4.78, 5) is 29.2. The van der Waals surface area contributed by atoms with Crippen molar-refractivity contribution in [3.8, 4) is 0 Å². The first-order valence-electron chi connectivity index (χ1n) is 7.26. The number of imide groups is 1. The molecule has 0 radical (unpaired) electrons. The molecule has 0 fully saturated rings. The highest BCUT2D eigenvalue weighted by Gasteiger charge is 2.34. The van der Waals surface area contributed by atoms with E-state index in [2.05, 4.69) is 11.1 Å². The standard InChI is InChI=1S/C18H14N2O2/c21-17-14-6-2-3-7-15(14)18(22)20(17)10-9-13-11-12-5-1-4-8-16(12)19-13/h1-8,11,19H,9-10H2. The average Bonchev–Trinajstić information content (AvgIpc) is 3.06. The zero-order valence-corrected chi connectivity index (χ0v) is 11.9. The fraction of sp³-hybridized carbons (Fsp3) is 0.111. The molecule has 1 aromatic heterocycles. The Kier molecular flexibility index (Phi) is 2.82. The van der Waals surface area contributed by atoms with Gasteiger partial charge in [-0.25, -0.2) is 0 Å². The van der Waals surface area contributed by atoms with Crippen LogP contribution in [0.1, 0.15) is 26.4 Å². The number of aromatic amines is 1. The minimum Gasteiger partial charge on any atom is -0.358 e. The van der Waals surface area contributed by atoms with Crippen LogP contribution < -0.4 is 0 Å².